The van der Waals surface area contributed by atoms with Crippen molar-refractivity contribution in [3.05, 3.63) is 70.3 Å². The van der Waals surface area contributed by atoms with E-state index in [9.17, 15) is 9.90 Å². The normalized spacial score (nSPS) is 19.5. The average Bonchev–Trinajstić information content (AvgIpc) is 2.76. The Balaban J connectivity index is 1.49. The van der Waals surface area contributed by atoms with Crippen LogP contribution in [-0.2, 0) is 0 Å². The second-order valence-electron chi connectivity index (χ2n) is 9.52. The van der Waals surface area contributed by atoms with Crippen molar-refractivity contribution in [1.29, 1.82) is 0 Å². The molecule has 2 aliphatic rings. The first-order valence-electron chi connectivity index (χ1n) is 11.1. The first-order valence-corrected chi connectivity index (χ1v) is 11.5. The summed E-state index contributed by atoms with van der Waals surface area (Å²) < 4.78 is 0. The van der Waals surface area contributed by atoms with Crippen LogP contribution in [0.2, 0.25) is 5.02 Å². The van der Waals surface area contributed by atoms with Crippen molar-refractivity contribution in [2.24, 2.45) is 5.41 Å². The highest BCUT2D eigenvalue weighted by Crippen LogP contribution is 2.43. The van der Waals surface area contributed by atoms with Crippen molar-refractivity contribution >= 4 is 28.8 Å². The number of carboxylic acids is 1. The number of para-hydroxylation sites is 1. The minimum absolute atomic E-state index is 0.317. The summed E-state index contributed by atoms with van der Waals surface area (Å²) in [7, 11) is 0. The van der Waals surface area contributed by atoms with Crippen LogP contribution in [0.3, 0.4) is 0 Å². The third kappa shape index (κ3) is 5.13. The van der Waals surface area contributed by atoms with Crippen molar-refractivity contribution in [2.75, 3.05) is 37.6 Å². The number of piperazine rings is 1. The van der Waals surface area contributed by atoms with Gasteiger partial charge in [0.2, 0.25) is 0 Å². The highest BCUT2D eigenvalue weighted by molar-refractivity contribution is 6.30. The first kappa shape index (κ1) is 21.9. The van der Waals surface area contributed by atoms with Crippen molar-refractivity contribution in [3.63, 3.8) is 0 Å². The molecule has 5 heteroatoms. The van der Waals surface area contributed by atoms with E-state index in [4.69, 9.17) is 11.6 Å². The molecular weight excluding hydrogens is 408 g/mol. The molecule has 0 bridgehead atoms. The molecule has 0 saturated carbocycles. The van der Waals surface area contributed by atoms with Gasteiger partial charge in [0.15, 0.2) is 0 Å². The number of carboxylic acid groups (broad SMARTS) is 1. The highest BCUT2D eigenvalue weighted by atomic mass is 35.5. The van der Waals surface area contributed by atoms with E-state index >= 15 is 0 Å². The fraction of sp³-hybridized carbons (Fsp3) is 0.423. The molecule has 0 unspecified atom stereocenters. The minimum Gasteiger partial charge on any atom is -0.478 e. The number of allylic oxidation sites excluding steroid dienone is 1. The van der Waals surface area contributed by atoms with Gasteiger partial charge in [0.05, 0.1) is 11.3 Å². The molecule has 31 heavy (non-hydrogen) atoms. The van der Waals surface area contributed by atoms with E-state index in [1.165, 1.54) is 17.6 Å². The molecule has 1 heterocycles. The van der Waals surface area contributed by atoms with Crippen molar-refractivity contribution in [2.45, 2.75) is 33.1 Å². The lowest BCUT2D eigenvalue weighted by Crippen LogP contribution is -2.47. The zero-order valence-corrected chi connectivity index (χ0v) is 19.2. The Hall–Kier alpha value is -2.30. The van der Waals surface area contributed by atoms with Crippen LogP contribution in [0.25, 0.3) is 5.57 Å². The first-order chi connectivity index (χ1) is 14.8. The Morgan fingerprint density at radius 1 is 1.03 bits per heavy atom. The number of aromatic carboxylic acids is 1. The molecule has 2 aromatic rings. The molecule has 0 amide bonds. The fourth-order valence-corrected chi connectivity index (χ4v) is 4.94. The van der Waals surface area contributed by atoms with Gasteiger partial charge in [-0.05, 0) is 60.1 Å². The van der Waals surface area contributed by atoms with Crippen LogP contribution >= 0.6 is 11.6 Å². The van der Waals surface area contributed by atoms with Gasteiger partial charge in [0, 0.05) is 37.7 Å². The number of hydrogen-bond donors (Lipinski definition) is 1. The largest absolute Gasteiger partial charge is 0.478 e. The summed E-state index contributed by atoms with van der Waals surface area (Å²) in [5.74, 6) is -0.861. The zero-order chi connectivity index (χ0) is 22.0. The third-order valence-corrected chi connectivity index (χ3v) is 6.89. The lowest BCUT2D eigenvalue weighted by atomic mass is 9.72. The summed E-state index contributed by atoms with van der Waals surface area (Å²) in [6.07, 6.45) is 3.44. The molecule has 2 aromatic carbocycles. The number of halogens is 1. The van der Waals surface area contributed by atoms with Crippen LogP contribution in [0.15, 0.2) is 54.1 Å². The maximum Gasteiger partial charge on any atom is 0.337 e. The van der Waals surface area contributed by atoms with E-state index in [0.29, 0.717) is 11.0 Å². The zero-order valence-electron chi connectivity index (χ0n) is 18.4. The summed E-state index contributed by atoms with van der Waals surface area (Å²) in [5.41, 5.74) is 5.85. The van der Waals surface area contributed by atoms with Gasteiger partial charge in [-0.1, -0.05) is 55.3 Å². The Morgan fingerprint density at radius 2 is 1.71 bits per heavy atom. The molecule has 4 rings (SSSR count). The molecule has 4 nitrogen and oxygen atoms in total. The molecule has 1 aliphatic carbocycles. The molecular formula is C26H31ClN2O2. The maximum atomic E-state index is 11.6. The Labute approximate surface area is 190 Å². The van der Waals surface area contributed by atoms with E-state index in [2.05, 4.69) is 35.8 Å². The summed E-state index contributed by atoms with van der Waals surface area (Å²) >= 11 is 6.13. The molecule has 1 saturated heterocycles. The van der Waals surface area contributed by atoms with Crippen LogP contribution < -0.4 is 4.90 Å². The maximum absolute atomic E-state index is 11.6. The van der Waals surface area contributed by atoms with E-state index in [-0.39, 0.29) is 0 Å². The summed E-state index contributed by atoms with van der Waals surface area (Å²) in [5, 5.41) is 10.3. The van der Waals surface area contributed by atoms with Crippen LogP contribution in [0, 0.1) is 5.41 Å². The predicted molar refractivity (Wildman–Crippen MR) is 128 cm³/mol. The van der Waals surface area contributed by atoms with Gasteiger partial charge < -0.3 is 10.0 Å². The quantitative estimate of drug-likeness (QED) is 0.638. The number of rotatable bonds is 5. The molecule has 164 valence electrons. The minimum atomic E-state index is -0.861. The third-order valence-electron chi connectivity index (χ3n) is 6.64. The molecule has 0 spiro atoms. The van der Waals surface area contributed by atoms with Crippen LogP contribution in [0.4, 0.5) is 5.69 Å². The van der Waals surface area contributed by atoms with Crippen molar-refractivity contribution < 1.29 is 9.90 Å². The number of benzene rings is 2. The molecule has 1 N–H and O–H groups in total. The van der Waals surface area contributed by atoms with Gasteiger partial charge in [-0.2, -0.15) is 0 Å². The lowest BCUT2D eigenvalue weighted by molar-refractivity contribution is 0.0697. The molecule has 1 fully saturated rings. The topological polar surface area (TPSA) is 43.8 Å². The molecule has 1 aliphatic heterocycles. The lowest BCUT2D eigenvalue weighted by Gasteiger charge is -2.39. The number of anilines is 1. The average molecular weight is 439 g/mol. The van der Waals surface area contributed by atoms with E-state index in [1.807, 2.05) is 24.3 Å². The van der Waals surface area contributed by atoms with Gasteiger partial charge in [-0.3, -0.25) is 4.90 Å². The highest BCUT2D eigenvalue weighted by Gasteiger charge is 2.29. The summed E-state index contributed by atoms with van der Waals surface area (Å²) in [6.45, 7) is 9.28. The van der Waals surface area contributed by atoms with Gasteiger partial charge in [-0.25, -0.2) is 4.79 Å². The van der Waals surface area contributed by atoms with Gasteiger partial charge in [0.1, 0.15) is 0 Å². The number of nitrogens with zero attached hydrogens (tertiary/aromatic N) is 2. The van der Waals surface area contributed by atoms with Crippen LogP contribution in [0.1, 0.15) is 49.0 Å². The van der Waals surface area contributed by atoms with Gasteiger partial charge in [0.25, 0.3) is 0 Å². The van der Waals surface area contributed by atoms with Gasteiger partial charge in [-0.15, -0.1) is 0 Å². The Bertz CT molecular complexity index is 973. The van der Waals surface area contributed by atoms with E-state index in [0.717, 1.165) is 56.3 Å². The molecule has 0 aromatic heterocycles. The Morgan fingerprint density at radius 3 is 2.39 bits per heavy atom. The number of hydrogen-bond acceptors (Lipinski definition) is 3. The van der Waals surface area contributed by atoms with Crippen molar-refractivity contribution in [3.8, 4) is 0 Å². The Kier molecular flexibility index (Phi) is 6.40. The van der Waals surface area contributed by atoms with E-state index < -0.39 is 5.97 Å². The standard InChI is InChI=1S/C26H31ClN2O2/c1-26(2)12-11-20(23(17-26)19-7-9-21(27)10-8-19)18-28-13-15-29(16-14-28)24-6-4-3-5-22(24)25(30)31/h3-10H,11-18H2,1-2H3,(H,30,31). The smallest absolute Gasteiger partial charge is 0.337 e. The SMILES string of the molecule is CC1(C)CCC(CN2CCN(c3ccccc3C(=O)O)CC2)=C(c2ccc(Cl)cc2)C1. The predicted octanol–water partition coefficient (Wildman–Crippen LogP) is 5.82. The number of carbonyl (C=O) groups is 1. The second-order valence-corrected chi connectivity index (χ2v) is 9.95. The van der Waals surface area contributed by atoms with Crippen LogP contribution in [-0.4, -0.2) is 48.7 Å². The monoisotopic (exact) mass is 438 g/mol. The van der Waals surface area contributed by atoms with Crippen LogP contribution in [0.5, 0.6) is 0 Å². The van der Waals surface area contributed by atoms with Gasteiger partial charge >= 0.3 is 5.97 Å². The molecule has 0 radical (unpaired) electrons. The summed E-state index contributed by atoms with van der Waals surface area (Å²) in [6, 6.07) is 15.6. The van der Waals surface area contributed by atoms with E-state index in [1.54, 1.807) is 17.7 Å². The van der Waals surface area contributed by atoms with Crippen molar-refractivity contribution in [1.82, 2.24) is 4.90 Å². The fourth-order valence-electron chi connectivity index (χ4n) is 4.81. The molecule has 0 atom stereocenters. The summed E-state index contributed by atoms with van der Waals surface area (Å²) in [4.78, 5) is 16.3. The second kappa shape index (κ2) is 9.05.